The molecule has 4 rings (SSSR count). The highest BCUT2D eigenvalue weighted by atomic mass is 16.5. The summed E-state index contributed by atoms with van der Waals surface area (Å²) in [7, 11) is 1.69. The van der Waals surface area contributed by atoms with Crippen LogP contribution in [-0.4, -0.2) is 59.3 Å². The highest BCUT2D eigenvalue weighted by molar-refractivity contribution is 5.82. The number of piperazine rings is 1. The molecule has 3 heterocycles. The third-order valence-electron chi connectivity index (χ3n) is 4.89. The van der Waals surface area contributed by atoms with E-state index >= 15 is 0 Å². The number of aromatic amines is 1. The van der Waals surface area contributed by atoms with Gasteiger partial charge in [-0.15, -0.1) is 0 Å². The zero-order chi connectivity index (χ0) is 14.2. The molecule has 0 amide bonds. The second-order valence-corrected chi connectivity index (χ2v) is 6.15. The SMILES string of the molecule is COc1ccc2c(CN3CCN4CCCC4C3)[nH]nc2c1. The predicted octanol–water partition coefficient (Wildman–Crippen LogP) is 1.85. The Labute approximate surface area is 124 Å². The molecule has 2 aliphatic rings. The fraction of sp³-hybridized carbons (Fsp3) is 0.562. The summed E-state index contributed by atoms with van der Waals surface area (Å²) in [5.41, 5.74) is 2.21. The number of ether oxygens (including phenoxy) is 1. The minimum atomic E-state index is 0.771. The monoisotopic (exact) mass is 286 g/mol. The molecule has 0 aliphatic carbocycles. The highest BCUT2D eigenvalue weighted by Crippen LogP contribution is 2.25. The number of aromatic nitrogens is 2. The van der Waals surface area contributed by atoms with Gasteiger partial charge >= 0.3 is 0 Å². The second-order valence-electron chi connectivity index (χ2n) is 6.15. The molecule has 1 aromatic carbocycles. The van der Waals surface area contributed by atoms with Crippen LogP contribution in [0.1, 0.15) is 18.5 Å². The van der Waals surface area contributed by atoms with E-state index in [2.05, 4.69) is 26.1 Å². The van der Waals surface area contributed by atoms with Crippen molar-refractivity contribution < 1.29 is 4.74 Å². The lowest BCUT2D eigenvalue weighted by atomic mass is 10.1. The third-order valence-corrected chi connectivity index (χ3v) is 4.89. The molecule has 21 heavy (non-hydrogen) atoms. The van der Waals surface area contributed by atoms with Crippen LogP contribution < -0.4 is 4.74 Å². The molecule has 2 saturated heterocycles. The molecule has 2 fully saturated rings. The van der Waals surface area contributed by atoms with E-state index < -0.39 is 0 Å². The molecule has 5 heteroatoms. The number of nitrogens with zero attached hydrogens (tertiary/aromatic N) is 3. The van der Waals surface area contributed by atoms with Crippen LogP contribution in [0, 0.1) is 0 Å². The molecule has 0 bridgehead atoms. The molecule has 0 spiro atoms. The van der Waals surface area contributed by atoms with E-state index in [4.69, 9.17) is 4.74 Å². The maximum Gasteiger partial charge on any atom is 0.121 e. The van der Waals surface area contributed by atoms with E-state index in [-0.39, 0.29) is 0 Å². The Morgan fingerprint density at radius 1 is 1.33 bits per heavy atom. The van der Waals surface area contributed by atoms with Crippen molar-refractivity contribution in [3.63, 3.8) is 0 Å². The number of H-pyrrole nitrogens is 1. The zero-order valence-electron chi connectivity index (χ0n) is 12.5. The fourth-order valence-electron chi connectivity index (χ4n) is 3.72. The maximum atomic E-state index is 5.26. The topological polar surface area (TPSA) is 44.4 Å². The first-order valence-electron chi connectivity index (χ1n) is 7.81. The molecule has 2 aromatic rings. The lowest BCUT2D eigenvalue weighted by Crippen LogP contribution is -2.49. The highest BCUT2D eigenvalue weighted by Gasteiger charge is 2.30. The van der Waals surface area contributed by atoms with Crippen LogP contribution >= 0.6 is 0 Å². The third kappa shape index (κ3) is 2.40. The molecule has 5 nitrogen and oxygen atoms in total. The number of benzene rings is 1. The quantitative estimate of drug-likeness (QED) is 0.935. The van der Waals surface area contributed by atoms with Crippen molar-refractivity contribution >= 4 is 10.9 Å². The minimum Gasteiger partial charge on any atom is -0.497 e. The van der Waals surface area contributed by atoms with Crippen LogP contribution in [0.3, 0.4) is 0 Å². The predicted molar refractivity (Wildman–Crippen MR) is 82.5 cm³/mol. The first-order chi connectivity index (χ1) is 10.3. The smallest absolute Gasteiger partial charge is 0.121 e. The van der Waals surface area contributed by atoms with Crippen molar-refractivity contribution in [3.8, 4) is 5.75 Å². The molecular weight excluding hydrogens is 264 g/mol. The van der Waals surface area contributed by atoms with Gasteiger partial charge in [0.15, 0.2) is 0 Å². The Hall–Kier alpha value is -1.59. The Kier molecular flexibility index (Phi) is 3.31. The summed E-state index contributed by atoms with van der Waals surface area (Å²) in [6.45, 7) is 5.83. The second kappa shape index (κ2) is 5.31. The molecule has 2 aliphatic heterocycles. The van der Waals surface area contributed by atoms with E-state index in [0.29, 0.717) is 0 Å². The normalized spacial score (nSPS) is 23.6. The van der Waals surface area contributed by atoms with E-state index in [0.717, 1.165) is 30.4 Å². The van der Waals surface area contributed by atoms with Crippen molar-refractivity contribution in [2.75, 3.05) is 33.3 Å². The van der Waals surface area contributed by atoms with Gasteiger partial charge in [-0.2, -0.15) is 5.10 Å². The summed E-state index contributed by atoms with van der Waals surface area (Å²) in [5, 5.41) is 8.84. The largest absolute Gasteiger partial charge is 0.497 e. The van der Waals surface area contributed by atoms with Crippen LogP contribution in [-0.2, 0) is 6.54 Å². The lowest BCUT2D eigenvalue weighted by Gasteiger charge is -2.37. The van der Waals surface area contributed by atoms with Crippen LogP contribution in [0.25, 0.3) is 10.9 Å². The van der Waals surface area contributed by atoms with Crippen molar-refractivity contribution in [3.05, 3.63) is 23.9 Å². The molecule has 0 saturated carbocycles. The van der Waals surface area contributed by atoms with Gasteiger partial charge in [0.1, 0.15) is 5.75 Å². The van der Waals surface area contributed by atoms with Gasteiger partial charge in [-0.3, -0.25) is 14.9 Å². The summed E-state index contributed by atoms with van der Waals surface area (Å²) in [5.74, 6) is 0.861. The zero-order valence-corrected chi connectivity index (χ0v) is 12.5. The summed E-state index contributed by atoms with van der Waals surface area (Å²) in [6, 6.07) is 6.88. The average Bonchev–Trinajstić information content (AvgIpc) is 3.13. The minimum absolute atomic E-state index is 0.771. The molecule has 0 radical (unpaired) electrons. The van der Waals surface area contributed by atoms with Crippen LogP contribution in [0.5, 0.6) is 5.75 Å². The van der Waals surface area contributed by atoms with Gasteiger partial charge in [0.25, 0.3) is 0 Å². The number of nitrogens with one attached hydrogen (secondary N) is 1. The van der Waals surface area contributed by atoms with Gasteiger partial charge in [-0.1, -0.05) is 0 Å². The van der Waals surface area contributed by atoms with E-state index in [1.54, 1.807) is 7.11 Å². The number of fused-ring (bicyclic) bond motifs is 2. The molecule has 112 valence electrons. The molecule has 1 atom stereocenters. The maximum absolute atomic E-state index is 5.26. The Morgan fingerprint density at radius 2 is 2.29 bits per heavy atom. The number of hydrogen-bond acceptors (Lipinski definition) is 4. The Balaban J connectivity index is 1.52. The number of rotatable bonds is 3. The standard InChI is InChI=1S/C16H22N4O/c1-21-13-4-5-14-15(9-13)17-18-16(14)11-19-7-8-20-6-2-3-12(20)10-19/h4-5,9,12H,2-3,6-8,10-11H2,1H3,(H,17,18). The van der Waals surface area contributed by atoms with Gasteiger partial charge in [-0.05, 0) is 31.5 Å². The van der Waals surface area contributed by atoms with Crippen molar-refractivity contribution in [1.82, 2.24) is 20.0 Å². The first kappa shape index (κ1) is 13.1. The Morgan fingerprint density at radius 3 is 3.19 bits per heavy atom. The van der Waals surface area contributed by atoms with E-state index in [1.165, 1.54) is 43.6 Å². The van der Waals surface area contributed by atoms with Gasteiger partial charge < -0.3 is 4.74 Å². The Bertz CT molecular complexity index is 638. The van der Waals surface area contributed by atoms with Crippen LogP contribution in [0.15, 0.2) is 18.2 Å². The number of methoxy groups -OCH3 is 1. The van der Waals surface area contributed by atoms with Crippen LogP contribution in [0.4, 0.5) is 0 Å². The van der Waals surface area contributed by atoms with E-state index in [1.807, 2.05) is 12.1 Å². The van der Waals surface area contributed by atoms with E-state index in [9.17, 15) is 0 Å². The van der Waals surface area contributed by atoms with Crippen molar-refractivity contribution in [1.29, 1.82) is 0 Å². The molecule has 1 aromatic heterocycles. The summed E-state index contributed by atoms with van der Waals surface area (Å²) in [4.78, 5) is 5.20. The van der Waals surface area contributed by atoms with Crippen molar-refractivity contribution in [2.45, 2.75) is 25.4 Å². The fourth-order valence-corrected chi connectivity index (χ4v) is 3.72. The lowest BCUT2D eigenvalue weighted by molar-refractivity contribution is 0.0987. The van der Waals surface area contributed by atoms with Crippen LogP contribution in [0.2, 0.25) is 0 Å². The van der Waals surface area contributed by atoms with Gasteiger partial charge in [-0.25, -0.2) is 0 Å². The molecular formula is C16H22N4O. The van der Waals surface area contributed by atoms with Gasteiger partial charge in [0.2, 0.25) is 0 Å². The van der Waals surface area contributed by atoms with Crippen molar-refractivity contribution in [2.24, 2.45) is 0 Å². The molecule has 1 N–H and O–H groups in total. The summed E-state index contributed by atoms with van der Waals surface area (Å²) < 4.78 is 5.26. The molecule has 1 unspecified atom stereocenters. The summed E-state index contributed by atoms with van der Waals surface area (Å²) >= 11 is 0. The van der Waals surface area contributed by atoms with Gasteiger partial charge in [0, 0.05) is 43.7 Å². The summed E-state index contributed by atoms with van der Waals surface area (Å²) in [6.07, 6.45) is 2.72. The average molecular weight is 286 g/mol. The number of hydrogen-bond donors (Lipinski definition) is 1. The van der Waals surface area contributed by atoms with Gasteiger partial charge in [0.05, 0.1) is 18.3 Å². The first-order valence-corrected chi connectivity index (χ1v) is 7.81.